The molecule has 0 unspecified atom stereocenters. The molecular weight excluding hydrogens is 402 g/mol. The molecule has 8 heteroatoms. The van der Waals surface area contributed by atoms with E-state index in [0.717, 1.165) is 16.7 Å². The Labute approximate surface area is 176 Å². The van der Waals surface area contributed by atoms with Gasteiger partial charge in [0.15, 0.2) is 0 Å². The number of carbonyl (C=O) groups is 1. The lowest BCUT2D eigenvalue weighted by atomic mass is 10.0. The van der Waals surface area contributed by atoms with Crippen molar-refractivity contribution in [2.75, 3.05) is 13.7 Å². The molecule has 0 bridgehead atoms. The highest BCUT2D eigenvalue weighted by atomic mass is 32.2. The third-order valence-electron chi connectivity index (χ3n) is 5.01. The van der Waals surface area contributed by atoms with Gasteiger partial charge in [0.2, 0.25) is 5.91 Å². The van der Waals surface area contributed by atoms with Gasteiger partial charge in [-0.3, -0.25) is 14.5 Å². The van der Waals surface area contributed by atoms with Gasteiger partial charge in [0.25, 0.3) is 10.0 Å². The number of hydrogen-bond donors (Lipinski definition) is 2. The van der Waals surface area contributed by atoms with Crippen LogP contribution in [0.25, 0.3) is 4.91 Å². The van der Waals surface area contributed by atoms with Crippen LogP contribution in [-0.2, 0) is 21.4 Å². The molecule has 0 saturated carbocycles. The zero-order chi connectivity index (χ0) is 21.9. The van der Waals surface area contributed by atoms with Crippen LogP contribution in [0.1, 0.15) is 29.2 Å². The number of nitrogens with zero attached hydrogens (tertiary/aromatic N) is 1. The van der Waals surface area contributed by atoms with E-state index in [4.69, 9.17) is 4.74 Å². The third kappa shape index (κ3) is 4.54. The molecule has 0 aromatic heterocycles. The van der Waals surface area contributed by atoms with E-state index in [2.05, 4.69) is 15.0 Å². The summed E-state index contributed by atoms with van der Waals surface area (Å²) < 4.78 is 33.0. The highest BCUT2D eigenvalue weighted by Crippen LogP contribution is 2.30. The molecule has 3 rings (SSSR count). The highest BCUT2D eigenvalue weighted by Gasteiger charge is 2.32. The van der Waals surface area contributed by atoms with Gasteiger partial charge in [-0.2, -0.15) is 0 Å². The number of aryl methyl sites for hydroxylation is 2. The van der Waals surface area contributed by atoms with E-state index in [1.54, 1.807) is 20.1 Å². The summed E-state index contributed by atoms with van der Waals surface area (Å²) in [5, 5.41) is 2.77. The molecule has 1 heterocycles. The lowest BCUT2D eigenvalue weighted by Crippen LogP contribution is -2.28. The van der Waals surface area contributed by atoms with Gasteiger partial charge >= 0.3 is 0 Å². The van der Waals surface area contributed by atoms with Gasteiger partial charge < -0.3 is 10.1 Å². The minimum absolute atomic E-state index is 0.190. The minimum Gasteiger partial charge on any atom is -0.496 e. The van der Waals surface area contributed by atoms with E-state index in [1.807, 2.05) is 50.2 Å². The van der Waals surface area contributed by atoms with Gasteiger partial charge in [-0.1, -0.05) is 36.4 Å². The number of carbonyl (C=O) groups excluding carboxylic acids is 1. The number of benzene rings is 2. The van der Waals surface area contributed by atoms with Crippen molar-refractivity contribution < 1.29 is 17.9 Å². The molecular formula is C22H25N3O4S. The zero-order valence-corrected chi connectivity index (χ0v) is 18.3. The molecule has 1 aliphatic rings. The summed E-state index contributed by atoms with van der Waals surface area (Å²) in [6.07, 6.45) is 0. The topological polar surface area (TPSA) is 96.9 Å². The van der Waals surface area contributed by atoms with Crippen molar-refractivity contribution in [3.8, 4) is 5.75 Å². The third-order valence-corrected chi connectivity index (χ3v) is 6.56. The monoisotopic (exact) mass is 427 g/mol. The second kappa shape index (κ2) is 8.71. The number of hydrogen-bond acceptors (Lipinski definition) is 5. The Bertz CT molecular complexity index is 1150. The van der Waals surface area contributed by atoms with Crippen LogP contribution in [-0.4, -0.2) is 33.8 Å². The molecule has 0 aliphatic carbocycles. The molecule has 2 N–H and O–H groups in total. The quantitative estimate of drug-likeness (QED) is 0.741. The van der Waals surface area contributed by atoms with E-state index in [-0.39, 0.29) is 23.2 Å². The van der Waals surface area contributed by atoms with Gasteiger partial charge in [0.05, 0.1) is 7.11 Å². The minimum atomic E-state index is -3.73. The first-order valence-corrected chi connectivity index (χ1v) is 11.0. The predicted octanol–water partition coefficient (Wildman–Crippen LogP) is 2.69. The summed E-state index contributed by atoms with van der Waals surface area (Å²) in [5.74, 6) is 0.556. The Hall–Kier alpha value is -3.13. The van der Waals surface area contributed by atoms with Gasteiger partial charge in [-0.05, 0) is 43.5 Å². The number of aliphatic imine (C=N–C) groups is 1. The van der Waals surface area contributed by atoms with Crippen LogP contribution in [0.5, 0.6) is 5.75 Å². The highest BCUT2D eigenvalue weighted by molar-refractivity contribution is 8.00. The normalized spacial score (nSPS) is 16.5. The van der Waals surface area contributed by atoms with Gasteiger partial charge in [0, 0.05) is 17.7 Å². The number of sulfonamides is 1. The van der Waals surface area contributed by atoms with E-state index < -0.39 is 10.0 Å². The van der Waals surface area contributed by atoms with Gasteiger partial charge in [0.1, 0.15) is 23.0 Å². The number of amides is 1. The van der Waals surface area contributed by atoms with Gasteiger partial charge in [-0.15, -0.1) is 0 Å². The number of ether oxygens (including phenoxy) is 1. The lowest BCUT2D eigenvalue weighted by Gasteiger charge is -2.09. The van der Waals surface area contributed by atoms with Crippen LogP contribution in [0, 0.1) is 13.8 Å². The van der Waals surface area contributed by atoms with Crippen LogP contribution in [0.4, 0.5) is 0 Å². The maximum Gasteiger partial charge on any atom is 0.264 e. The average Bonchev–Trinajstić information content (AvgIpc) is 2.95. The summed E-state index contributed by atoms with van der Waals surface area (Å²) in [4.78, 5) is 16.6. The average molecular weight is 428 g/mol. The molecule has 1 aliphatic heterocycles. The van der Waals surface area contributed by atoms with Crippen LogP contribution in [0.3, 0.4) is 0 Å². The second-order valence-corrected chi connectivity index (χ2v) is 8.73. The van der Waals surface area contributed by atoms with Crippen molar-refractivity contribution in [3.63, 3.8) is 0 Å². The molecule has 0 atom stereocenters. The molecule has 0 fully saturated rings. The first kappa shape index (κ1) is 21.6. The molecule has 2 aromatic rings. The molecule has 0 saturated heterocycles. The smallest absolute Gasteiger partial charge is 0.264 e. The second-order valence-electron chi connectivity index (χ2n) is 7.11. The van der Waals surface area contributed by atoms with Crippen LogP contribution in [0.15, 0.2) is 53.0 Å². The van der Waals surface area contributed by atoms with Crippen molar-refractivity contribution in [2.24, 2.45) is 4.99 Å². The molecule has 7 nitrogen and oxygen atoms in total. The predicted molar refractivity (Wildman–Crippen MR) is 118 cm³/mol. The fourth-order valence-corrected chi connectivity index (χ4v) is 4.73. The summed E-state index contributed by atoms with van der Waals surface area (Å²) in [6.45, 7) is 5.70. The standard InChI is InChI=1S/C22H25N3O4S/c1-14-9-10-17(11-15(14)2)21-16(3)22(25-30(21,27)28)24-13-20(26)23-12-18-7-5-6-8-19(18)29-4/h5-11H,12-13H2,1-4H3,(H,23,26)(H,24,25). The number of para-hydroxylation sites is 1. The summed E-state index contributed by atoms with van der Waals surface area (Å²) in [5.41, 5.74) is 4.03. The van der Waals surface area contributed by atoms with Crippen LogP contribution in [0.2, 0.25) is 0 Å². The van der Waals surface area contributed by atoms with E-state index in [1.165, 1.54) is 0 Å². The fraction of sp³-hybridized carbons (Fsp3) is 0.273. The first-order valence-electron chi connectivity index (χ1n) is 9.47. The lowest BCUT2D eigenvalue weighted by molar-refractivity contribution is -0.119. The van der Waals surface area contributed by atoms with Crippen molar-refractivity contribution >= 4 is 26.7 Å². The summed E-state index contributed by atoms with van der Waals surface area (Å²) >= 11 is 0. The Morgan fingerprint density at radius 2 is 1.83 bits per heavy atom. The molecule has 2 aromatic carbocycles. The van der Waals surface area contributed by atoms with Crippen molar-refractivity contribution in [3.05, 3.63) is 70.3 Å². The molecule has 30 heavy (non-hydrogen) atoms. The number of rotatable bonds is 6. The van der Waals surface area contributed by atoms with Crippen LogP contribution < -0.4 is 14.8 Å². The van der Waals surface area contributed by atoms with Gasteiger partial charge in [-0.25, -0.2) is 8.42 Å². The zero-order valence-electron chi connectivity index (χ0n) is 17.4. The molecule has 158 valence electrons. The summed E-state index contributed by atoms with van der Waals surface area (Å²) in [6, 6.07) is 12.9. The molecule has 0 radical (unpaired) electrons. The Morgan fingerprint density at radius 1 is 1.10 bits per heavy atom. The Kier molecular flexibility index (Phi) is 6.26. The maximum absolute atomic E-state index is 12.6. The molecule has 1 amide bonds. The largest absolute Gasteiger partial charge is 0.496 e. The maximum atomic E-state index is 12.6. The van der Waals surface area contributed by atoms with Crippen molar-refractivity contribution in [2.45, 2.75) is 27.3 Å². The van der Waals surface area contributed by atoms with E-state index >= 15 is 0 Å². The number of methoxy groups -OCH3 is 1. The Balaban J connectivity index is 1.75. The van der Waals surface area contributed by atoms with Crippen molar-refractivity contribution in [1.82, 2.24) is 10.0 Å². The Morgan fingerprint density at radius 3 is 2.53 bits per heavy atom. The van der Waals surface area contributed by atoms with E-state index in [9.17, 15) is 13.2 Å². The van der Waals surface area contributed by atoms with E-state index in [0.29, 0.717) is 23.4 Å². The number of nitrogens with one attached hydrogen (secondary N) is 2. The SMILES string of the molecule is COc1ccccc1CNC(=O)CN=C1NS(=O)(=O)C(c2ccc(C)c(C)c2)=C1C. The summed E-state index contributed by atoms with van der Waals surface area (Å²) in [7, 11) is -2.16. The first-order chi connectivity index (χ1) is 14.2. The van der Waals surface area contributed by atoms with Crippen LogP contribution >= 0.6 is 0 Å². The molecule has 0 spiro atoms. The fourth-order valence-electron chi connectivity index (χ4n) is 3.22. The number of amidine groups is 1. The van der Waals surface area contributed by atoms with Crippen molar-refractivity contribution in [1.29, 1.82) is 0 Å².